The number of carbonyl (C=O) groups is 3. The van der Waals surface area contributed by atoms with Crippen LogP contribution in [0, 0.1) is 0 Å². The number of aliphatic hydroxyl groups is 1. The molecule has 1 saturated heterocycles. The van der Waals surface area contributed by atoms with Crippen molar-refractivity contribution in [2.24, 2.45) is 0 Å². The molecule has 10 nitrogen and oxygen atoms in total. The largest absolute Gasteiger partial charge is 1.00 e. The van der Waals surface area contributed by atoms with E-state index in [-0.39, 0.29) is 35.8 Å². The van der Waals surface area contributed by atoms with Crippen molar-refractivity contribution in [2.45, 2.75) is 24.5 Å². The van der Waals surface area contributed by atoms with E-state index < -0.39 is 42.4 Å². The highest BCUT2D eigenvalue weighted by atomic mass is 35.5. The Balaban J connectivity index is 0.00000380. The van der Waals surface area contributed by atoms with E-state index in [0.717, 1.165) is 0 Å². The molecule has 3 N–H and O–H groups in total. The van der Waals surface area contributed by atoms with Crippen LogP contribution in [0.4, 0.5) is 5.69 Å². The molecule has 4 atom stereocenters. The molecule has 1 aliphatic heterocycles. The number of rotatable bonds is 7. The van der Waals surface area contributed by atoms with E-state index >= 15 is 0 Å². The van der Waals surface area contributed by atoms with Crippen LogP contribution in [0.15, 0.2) is 79.1 Å². The molecule has 0 spiro atoms. The minimum absolute atomic E-state index is 0. The van der Waals surface area contributed by atoms with Gasteiger partial charge in [0.25, 0.3) is 6.23 Å². The standard InChI is InChI=1S/C26H24N2O8.ClH/c1-33-26(32)18-14-28(13-12-19(18)27)23-21(29)22(36-25(31)17-10-6-3-7-11-17)20(35-23)15-34-24(30)16-8-4-2-5-9-16;/h2-14,20-23,27,29H,15H2,1H3;1H/t20-,21-,22-,23?;/m1./s1. The number of hydrogen-bond donors (Lipinski definition) is 2. The lowest BCUT2D eigenvalue weighted by Crippen LogP contribution is -3.00. The number of nitrogens with zero attached hydrogens (tertiary/aromatic N) is 1. The van der Waals surface area contributed by atoms with E-state index in [0.29, 0.717) is 5.56 Å². The fourth-order valence-electron chi connectivity index (χ4n) is 3.79. The molecular formula is C26H25ClN2O8. The molecule has 37 heavy (non-hydrogen) atoms. The molecule has 1 fully saturated rings. The van der Waals surface area contributed by atoms with E-state index in [1.165, 1.54) is 30.1 Å². The summed E-state index contributed by atoms with van der Waals surface area (Å²) in [6, 6.07) is 18.1. The SMILES string of the molecule is COC(=O)c1c[n+](C2O[C@H](COC(=O)c3ccccc3)[C@@H](OC(=O)c3ccccc3)[C@H]2O)ccc1N.[Cl-]. The quantitative estimate of drug-likeness (QED) is 0.217. The molecule has 3 aromatic rings. The molecule has 2 heterocycles. The Labute approximate surface area is 218 Å². The monoisotopic (exact) mass is 528 g/mol. The number of methoxy groups -OCH3 is 1. The maximum absolute atomic E-state index is 12.7. The summed E-state index contributed by atoms with van der Waals surface area (Å²) in [6.07, 6.45) is -1.76. The lowest BCUT2D eigenvalue weighted by molar-refractivity contribution is -0.765. The molecule has 0 amide bonds. The van der Waals surface area contributed by atoms with Crippen molar-refractivity contribution >= 4 is 23.6 Å². The Morgan fingerprint density at radius 3 is 2.14 bits per heavy atom. The molecule has 1 unspecified atom stereocenters. The first-order chi connectivity index (χ1) is 17.4. The molecular weight excluding hydrogens is 504 g/mol. The normalized spacial score (nSPS) is 20.4. The van der Waals surface area contributed by atoms with Crippen LogP contribution in [0.3, 0.4) is 0 Å². The van der Waals surface area contributed by atoms with Crippen molar-refractivity contribution in [1.82, 2.24) is 0 Å². The van der Waals surface area contributed by atoms with Gasteiger partial charge in [-0.1, -0.05) is 36.4 Å². The van der Waals surface area contributed by atoms with E-state index in [4.69, 9.17) is 24.7 Å². The fourth-order valence-corrected chi connectivity index (χ4v) is 3.79. The number of nitrogens with two attached hydrogens (primary N) is 1. The number of anilines is 1. The zero-order valence-electron chi connectivity index (χ0n) is 19.7. The second kappa shape index (κ2) is 12.3. The van der Waals surface area contributed by atoms with Gasteiger partial charge in [-0.05, 0) is 24.3 Å². The molecule has 11 heteroatoms. The van der Waals surface area contributed by atoms with Crippen molar-refractivity contribution in [3.63, 3.8) is 0 Å². The number of halogens is 1. The molecule has 1 aliphatic rings. The highest BCUT2D eigenvalue weighted by Gasteiger charge is 2.52. The minimum Gasteiger partial charge on any atom is -1.00 e. The van der Waals surface area contributed by atoms with Gasteiger partial charge in [-0.3, -0.25) is 0 Å². The van der Waals surface area contributed by atoms with Gasteiger partial charge in [0.05, 0.1) is 23.9 Å². The van der Waals surface area contributed by atoms with Crippen molar-refractivity contribution in [1.29, 1.82) is 0 Å². The number of aliphatic hydroxyl groups excluding tert-OH is 1. The summed E-state index contributed by atoms with van der Waals surface area (Å²) in [7, 11) is 1.22. The third kappa shape index (κ3) is 6.23. The van der Waals surface area contributed by atoms with Crippen LogP contribution in [0.25, 0.3) is 0 Å². The topological polar surface area (TPSA) is 138 Å². The van der Waals surface area contributed by atoms with Gasteiger partial charge in [-0.15, -0.1) is 0 Å². The minimum atomic E-state index is -1.36. The predicted molar refractivity (Wildman–Crippen MR) is 125 cm³/mol. The van der Waals surface area contributed by atoms with Gasteiger partial charge in [-0.2, -0.15) is 4.57 Å². The van der Waals surface area contributed by atoms with E-state index in [9.17, 15) is 19.5 Å². The van der Waals surface area contributed by atoms with Gasteiger partial charge in [0.15, 0.2) is 24.6 Å². The third-order valence-corrected chi connectivity index (χ3v) is 5.66. The second-order valence-electron chi connectivity index (χ2n) is 8.01. The Morgan fingerprint density at radius 1 is 0.946 bits per heavy atom. The first-order valence-electron chi connectivity index (χ1n) is 11.1. The van der Waals surface area contributed by atoms with Crippen LogP contribution < -0.4 is 22.7 Å². The maximum atomic E-state index is 12.7. The highest BCUT2D eigenvalue weighted by Crippen LogP contribution is 2.30. The first-order valence-corrected chi connectivity index (χ1v) is 11.1. The number of pyridine rings is 1. The molecule has 4 rings (SSSR count). The summed E-state index contributed by atoms with van der Waals surface area (Å²) in [4.78, 5) is 37.3. The average molecular weight is 529 g/mol. The van der Waals surface area contributed by atoms with Crippen molar-refractivity contribution in [3.05, 3.63) is 95.8 Å². The number of nitrogen functional groups attached to an aromatic ring is 1. The van der Waals surface area contributed by atoms with Crippen LogP contribution in [0.2, 0.25) is 0 Å². The van der Waals surface area contributed by atoms with Crippen molar-refractivity contribution in [3.8, 4) is 0 Å². The Hall–Kier alpha value is -3.99. The first kappa shape index (κ1) is 27.6. The summed E-state index contributed by atoms with van der Waals surface area (Å²) in [5.41, 5.74) is 6.72. The van der Waals surface area contributed by atoms with E-state index in [2.05, 4.69) is 0 Å². The van der Waals surface area contributed by atoms with Crippen LogP contribution in [0.1, 0.15) is 37.3 Å². The molecule has 0 radical (unpaired) electrons. The maximum Gasteiger partial charge on any atom is 0.346 e. The molecule has 2 aromatic carbocycles. The van der Waals surface area contributed by atoms with Gasteiger partial charge < -0.3 is 42.2 Å². The summed E-state index contributed by atoms with van der Waals surface area (Å²) in [5, 5.41) is 11.1. The van der Waals surface area contributed by atoms with Crippen LogP contribution in [-0.2, 0) is 18.9 Å². The third-order valence-electron chi connectivity index (χ3n) is 5.66. The van der Waals surface area contributed by atoms with E-state index in [1.807, 2.05) is 0 Å². The van der Waals surface area contributed by atoms with Gasteiger partial charge in [0, 0.05) is 6.07 Å². The zero-order valence-corrected chi connectivity index (χ0v) is 20.5. The lowest BCUT2D eigenvalue weighted by Gasteiger charge is -2.19. The predicted octanol–water partition coefficient (Wildman–Crippen LogP) is -1.31. The smallest absolute Gasteiger partial charge is 0.346 e. The summed E-state index contributed by atoms with van der Waals surface area (Å²) < 4.78 is 23.1. The van der Waals surface area contributed by atoms with Crippen LogP contribution >= 0.6 is 0 Å². The Kier molecular flexibility index (Phi) is 9.18. The number of benzene rings is 2. The average Bonchev–Trinajstić information content (AvgIpc) is 3.22. The molecule has 0 bridgehead atoms. The second-order valence-corrected chi connectivity index (χ2v) is 8.01. The van der Waals surface area contributed by atoms with E-state index in [1.54, 1.807) is 60.7 Å². The summed E-state index contributed by atoms with van der Waals surface area (Å²) >= 11 is 0. The van der Waals surface area contributed by atoms with Crippen LogP contribution in [0.5, 0.6) is 0 Å². The number of aromatic nitrogens is 1. The fraction of sp³-hybridized carbons (Fsp3) is 0.231. The number of carbonyl (C=O) groups excluding carboxylic acids is 3. The van der Waals surface area contributed by atoms with Gasteiger partial charge in [-0.25, -0.2) is 14.4 Å². The Bertz CT molecular complexity index is 1240. The molecule has 194 valence electrons. The number of esters is 3. The number of hydrogen-bond acceptors (Lipinski definition) is 9. The van der Waals surface area contributed by atoms with Crippen molar-refractivity contribution in [2.75, 3.05) is 19.5 Å². The molecule has 0 saturated carbocycles. The highest BCUT2D eigenvalue weighted by molar-refractivity contribution is 5.94. The van der Waals surface area contributed by atoms with Gasteiger partial charge in [0.1, 0.15) is 18.3 Å². The van der Waals surface area contributed by atoms with Crippen LogP contribution in [-0.4, -0.2) is 55.0 Å². The summed E-state index contributed by atoms with van der Waals surface area (Å²) in [5.74, 6) is -1.95. The lowest BCUT2D eigenvalue weighted by atomic mass is 10.1. The molecule has 1 aromatic heterocycles. The van der Waals surface area contributed by atoms with Crippen molar-refractivity contribution < 1.29 is 55.4 Å². The van der Waals surface area contributed by atoms with Gasteiger partial charge >= 0.3 is 17.9 Å². The summed E-state index contributed by atoms with van der Waals surface area (Å²) in [6.45, 7) is -0.298. The van der Waals surface area contributed by atoms with Gasteiger partial charge in [0.2, 0.25) is 0 Å². The molecule has 0 aliphatic carbocycles. The number of ether oxygens (including phenoxy) is 4. The Morgan fingerprint density at radius 2 is 1.54 bits per heavy atom. The zero-order chi connectivity index (χ0) is 25.7.